The van der Waals surface area contributed by atoms with Gasteiger partial charge in [-0.15, -0.1) is 4.99 Å². The Balaban J connectivity index is 1.89. The van der Waals surface area contributed by atoms with E-state index in [4.69, 9.17) is 10.1 Å². The van der Waals surface area contributed by atoms with Gasteiger partial charge in [-0.1, -0.05) is 42.5 Å². The molecular weight excluding hydrogens is 252 g/mol. The normalized spacial score (nSPS) is 11.2. The van der Waals surface area contributed by atoms with E-state index < -0.39 is 6.09 Å². The maximum absolute atomic E-state index is 11.2. The summed E-state index contributed by atoms with van der Waals surface area (Å²) in [7, 11) is 0. The van der Waals surface area contributed by atoms with Crippen molar-refractivity contribution < 1.29 is 9.53 Å². The van der Waals surface area contributed by atoms with Gasteiger partial charge in [-0.25, -0.2) is 10.2 Å². The highest BCUT2D eigenvalue weighted by atomic mass is 16.5. The predicted octanol–water partition coefficient (Wildman–Crippen LogP) is 3.65. The molecule has 0 atom stereocenters. The van der Waals surface area contributed by atoms with Gasteiger partial charge in [0, 0.05) is 0 Å². The molecule has 0 radical (unpaired) electrons. The van der Waals surface area contributed by atoms with Gasteiger partial charge in [0.1, 0.15) is 6.61 Å². The first-order valence-electron chi connectivity index (χ1n) is 6.28. The van der Waals surface area contributed by atoms with Crippen molar-refractivity contribution in [2.45, 2.75) is 13.0 Å². The molecular formula is C16H12N2O2. The summed E-state index contributed by atoms with van der Waals surface area (Å²) in [4.78, 5) is 14.3. The lowest BCUT2D eigenvalue weighted by Crippen LogP contribution is -2.01. The summed E-state index contributed by atoms with van der Waals surface area (Å²) in [5, 5.41) is 6.61. The highest BCUT2D eigenvalue weighted by molar-refractivity contribution is 5.78. The quantitative estimate of drug-likeness (QED) is 0.718. The molecule has 1 aliphatic carbocycles. The third-order valence-electron chi connectivity index (χ3n) is 3.45. The summed E-state index contributed by atoms with van der Waals surface area (Å²) in [6.07, 6.45) is 0.0701. The van der Waals surface area contributed by atoms with Gasteiger partial charge in [0.25, 0.3) is 0 Å². The SMILES string of the molecule is N=C=NC(=O)OCc1cccc2c1Cc1ccccc1-2. The van der Waals surface area contributed by atoms with Crippen molar-refractivity contribution in [3.8, 4) is 11.1 Å². The van der Waals surface area contributed by atoms with Gasteiger partial charge in [0.05, 0.1) is 6.01 Å². The Morgan fingerprint density at radius 1 is 1.20 bits per heavy atom. The fourth-order valence-corrected chi connectivity index (χ4v) is 2.58. The van der Waals surface area contributed by atoms with Crippen LogP contribution in [0, 0.1) is 5.41 Å². The van der Waals surface area contributed by atoms with Crippen LogP contribution in [0.3, 0.4) is 0 Å². The minimum absolute atomic E-state index is 0.168. The Kier molecular flexibility index (Phi) is 3.15. The van der Waals surface area contributed by atoms with Gasteiger partial charge in [0.15, 0.2) is 0 Å². The number of carbonyl (C=O) groups is 1. The number of fused-ring (bicyclic) bond motifs is 3. The molecule has 0 bridgehead atoms. The van der Waals surface area contributed by atoms with Gasteiger partial charge < -0.3 is 4.74 Å². The van der Waals surface area contributed by atoms with Crippen LogP contribution in [0.2, 0.25) is 0 Å². The number of nitrogens with zero attached hydrogens (tertiary/aromatic N) is 1. The van der Waals surface area contributed by atoms with E-state index in [9.17, 15) is 4.79 Å². The lowest BCUT2D eigenvalue weighted by atomic mass is 10.0. The number of benzene rings is 2. The maximum atomic E-state index is 11.2. The monoisotopic (exact) mass is 264 g/mol. The van der Waals surface area contributed by atoms with Crippen molar-refractivity contribution in [3.63, 3.8) is 0 Å². The van der Waals surface area contributed by atoms with Gasteiger partial charge in [-0.05, 0) is 34.2 Å². The molecule has 1 amide bonds. The van der Waals surface area contributed by atoms with Crippen LogP contribution in [-0.2, 0) is 17.8 Å². The molecule has 1 N–H and O–H groups in total. The van der Waals surface area contributed by atoms with E-state index in [0.717, 1.165) is 12.0 Å². The molecule has 20 heavy (non-hydrogen) atoms. The summed E-state index contributed by atoms with van der Waals surface area (Å²) < 4.78 is 5.00. The second-order valence-corrected chi connectivity index (χ2v) is 4.56. The van der Waals surface area contributed by atoms with Crippen LogP contribution in [0.5, 0.6) is 0 Å². The standard InChI is InChI=1S/C16H12N2O2/c17-10-18-16(19)20-9-12-5-3-7-14-13-6-2-1-4-11(13)8-15(12)14/h1-7,17H,8-9H2. The van der Waals surface area contributed by atoms with E-state index in [1.807, 2.05) is 24.3 Å². The van der Waals surface area contributed by atoms with E-state index in [-0.39, 0.29) is 6.61 Å². The average molecular weight is 264 g/mol. The summed E-state index contributed by atoms with van der Waals surface area (Å²) >= 11 is 0. The fourth-order valence-electron chi connectivity index (χ4n) is 2.58. The van der Waals surface area contributed by atoms with E-state index >= 15 is 0 Å². The first kappa shape index (κ1) is 12.3. The zero-order chi connectivity index (χ0) is 13.9. The zero-order valence-electron chi connectivity index (χ0n) is 10.7. The number of carbonyl (C=O) groups excluding carboxylic acids is 1. The Morgan fingerprint density at radius 2 is 2.00 bits per heavy atom. The number of amides is 1. The number of rotatable bonds is 2. The van der Waals surface area contributed by atoms with E-state index in [1.54, 1.807) is 6.01 Å². The lowest BCUT2D eigenvalue weighted by Gasteiger charge is -2.07. The van der Waals surface area contributed by atoms with Crippen LogP contribution in [-0.4, -0.2) is 12.1 Å². The number of hydrogen-bond donors (Lipinski definition) is 1. The number of hydrogen-bond acceptors (Lipinski definition) is 3. The van der Waals surface area contributed by atoms with Gasteiger partial charge >= 0.3 is 6.09 Å². The Morgan fingerprint density at radius 3 is 2.85 bits per heavy atom. The summed E-state index contributed by atoms with van der Waals surface area (Å²) in [5.41, 5.74) is 5.91. The van der Waals surface area contributed by atoms with Gasteiger partial charge in [-0.3, -0.25) is 0 Å². The minimum Gasteiger partial charge on any atom is -0.443 e. The van der Waals surface area contributed by atoms with Crippen LogP contribution in [0.25, 0.3) is 11.1 Å². The van der Waals surface area contributed by atoms with Crippen LogP contribution >= 0.6 is 0 Å². The number of ether oxygens (including phenoxy) is 1. The smallest absolute Gasteiger partial charge is 0.443 e. The minimum atomic E-state index is -0.784. The molecule has 0 fully saturated rings. The molecule has 0 heterocycles. The van der Waals surface area contributed by atoms with Crippen LogP contribution in [0.15, 0.2) is 47.5 Å². The van der Waals surface area contributed by atoms with E-state index in [1.165, 1.54) is 22.3 Å². The Hall–Kier alpha value is -2.71. The molecule has 0 aliphatic heterocycles. The molecule has 2 aromatic carbocycles. The third-order valence-corrected chi connectivity index (χ3v) is 3.45. The summed E-state index contributed by atoms with van der Waals surface area (Å²) in [6.45, 7) is 0.168. The Bertz CT molecular complexity index is 731. The molecule has 3 rings (SSSR count). The molecule has 1 aliphatic rings. The largest absolute Gasteiger partial charge is 0.443 e. The molecule has 4 nitrogen and oxygen atoms in total. The van der Waals surface area contributed by atoms with Crippen molar-refractivity contribution in [2.75, 3.05) is 0 Å². The first-order chi connectivity index (χ1) is 9.79. The fraction of sp³-hybridized carbons (Fsp3) is 0.125. The van der Waals surface area contributed by atoms with Crippen LogP contribution in [0.4, 0.5) is 4.79 Å². The molecule has 0 saturated heterocycles. The maximum Gasteiger partial charge on any atom is 0.443 e. The van der Waals surface area contributed by atoms with E-state index in [0.29, 0.717) is 0 Å². The second kappa shape index (κ2) is 5.11. The van der Waals surface area contributed by atoms with Gasteiger partial charge in [-0.2, -0.15) is 0 Å². The highest BCUT2D eigenvalue weighted by Crippen LogP contribution is 2.38. The zero-order valence-corrected chi connectivity index (χ0v) is 10.7. The van der Waals surface area contributed by atoms with Crippen molar-refractivity contribution in [2.24, 2.45) is 4.99 Å². The van der Waals surface area contributed by atoms with Gasteiger partial charge in [0.2, 0.25) is 0 Å². The second-order valence-electron chi connectivity index (χ2n) is 4.56. The number of aliphatic imine (C=N–C) groups is 1. The molecule has 0 saturated carbocycles. The van der Waals surface area contributed by atoms with Crippen LogP contribution in [0.1, 0.15) is 16.7 Å². The van der Waals surface area contributed by atoms with Crippen molar-refractivity contribution >= 4 is 12.1 Å². The molecule has 98 valence electrons. The molecule has 2 aromatic rings. The van der Waals surface area contributed by atoms with E-state index in [2.05, 4.69) is 23.2 Å². The van der Waals surface area contributed by atoms with Crippen molar-refractivity contribution in [1.82, 2.24) is 0 Å². The molecule has 0 spiro atoms. The molecule has 0 unspecified atom stereocenters. The number of nitrogens with one attached hydrogen (secondary N) is 1. The van der Waals surface area contributed by atoms with Crippen molar-refractivity contribution in [1.29, 1.82) is 5.41 Å². The van der Waals surface area contributed by atoms with Crippen molar-refractivity contribution in [3.05, 3.63) is 59.2 Å². The van der Waals surface area contributed by atoms with Crippen LogP contribution < -0.4 is 0 Å². The summed E-state index contributed by atoms with van der Waals surface area (Å²) in [5.74, 6) is 0. The molecule has 0 aromatic heterocycles. The topological polar surface area (TPSA) is 62.5 Å². The molecule has 4 heteroatoms. The summed E-state index contributed by atoms with van der Waals surface area (Å²) in [6, 6.07) is 16.0. The Labute approximate surface area is 116 Å². The first-order valence-corrected chi connectivity index (χ1v) is 6.28. The highest BCUT2D eigenvalue weighted by Gasteiger charge is 2.20. The lowest BCUT2D eigenvalue weighted by molar-refractivity contribution is 0.151. The average Bonchev–Trinajstić information content (AvgIpc) is 2.84. The predicted molar refractivity (Wildman–Crippen MR) is 75.0 cm³/mol. The third kappa shape index (κ3) is 2.13.